The topological polar surface area (TPSA) is 52.7 Å². The summed E-state index contributed by atoms with van der Waals surface area (Å²) in [6, 6.07) is 4.28. The second-order valence-corrected chi connectivity index (χ2v) is 7.39. The van der Waals surface area contributed by atoms with Gasteiger partial charge in [-0.25, -0.2) is 4.79 Å². The van der Waals surface area contributed by atoms with Crippen molar-refractivity contribution in [1.82, 2.24) is 15.1 Å². The Morgan fingerprint density at radius 3 is 2.62 bits per heavy atom. The first-order valence-electron chi connectivity index (χ1n) is 7.81. The molecule has 1 atom stereocenters. The predicted molar refractivity (Wildman–Crippen MR) is 93.9 cm³/mol. The summed E-state index contributed by atoms with van der Waals surface area (Å²) in [5, 5.41) is 3.81. The van der Waals surface area contributed by atoms with Crippen LogP contribution in [0.15, 0.2) is 29.5 Å². The van der Waals surface area contributed by atoms with E-state index in [-0.39, 0.29) is 11.9 Å². The normalized spacial score (nSPS) is 20.8. The molecule has 0 radical (unpaired) electrons. The zero-order chi connectivity index (χ0) is 17.6. The summed E-state index contributed by atoms with van der Waals surface area (Å²) in [4.78, 5) is 28.5. The minimum Gasteiger partial charge on any atom is -0.333 e. The van der Waals surface area contributed by atoms with Crippen molar-refractivity contribution in [3.8, 4) is 0 Å². The number of rotatable bonds is 3. The average Bonchev–Trinajstić information content (AvgIpc) is 2.80. The second-order valence-electron chi connectivity index (χ2n) is 6.55. The Morgan fingerprint density at radius 2 is 2.00 bits per heavy atom. The summed E-state index contributed by atoms with van der Waals surface area (Å²) in [7, 11) is 1.68. The third kappa shape index (κ3) is 2.87. The molecule has 24 heavy (non-hydrogen) atoms. The van der Waals surface area contributed by atoms with E-state index in [1.54, 1.807) is 30.1 Å². The molecular formula is C17H19Cl2N3O2. The molecule has 0 bridgehead atoms. The van der Waals surface area contributed by atoms with Crippen molar-refractivity contribution in [2.75, 3.05) is 20.1 Å². The standard InChI is InChI=1S/C17H19Cl2N3O2/c1-9(2)7-22-8-13-14(16(22)23)15(20-17(24)21(13)3)11-5-4-10(18)6-12(11)19/h4-6,9,15H,7-8H2,1-3H3,(H,20,24)/t15-/m1/s1. The molecule has 2 aliphatic rings. The Hall–Kier alpha value is -1.72. The Balaban J connectivity index is 2.04. The molecule has 0 saturated carbocycles. The highest BCUT2D eigenvalue weighted by Gasteiger charge is 2.43. The van der Waals surface area contributed by atoms with Gasteiger partial charge < -0.3 is 10.2 Å². The molecule has 3 rings (SSSR count). The summed E-state index contributed by atoms with van der Waals surface area (Å²) >= 11 is 12.3. The van der Waals surface area contributed by atoms with Crippen molar-refractivity contribution < 1.29 is 9.59 Å². The summed E-state index contributed by atoms with van der Waals surface area (Å²) in [6.45, 7) is 5.21. The van der Waals surface area contributed by atoms with Gasteiger partial charge in [0, 0.05) is 23.6 Å². The van der Waals surface area contributed by atoms with Gasteiger partial charge in [0.25, 0.3) is 5.91 Å². The first kappa shape index (κ1) is 17.1. The molecule has 0 saturated heterocycles. The van der Waals surface area contributed by atoms with Gasteiger partial charge in [0.15, 0.2) is 0 Å². The predicted octanol–water partition coefficient (Wildman–Crippen LogP) is 3.44. The minimum absolute atomic E-state index is 0.0541. The molecule has 128 valence electrons. The van der Waals surface area contributed by atoms with Gasteiger partial charge in [-0.3, -0.25) is 9.69 Å². The van der Waals surface area contributed by atoms with Gasteiger partial charge in [-0.2, -0.15) is 0 Å². The van der Waals surface area contributed by atoms with Crippen LogP contribution in [0.5, 0.6) is 0 Å². The minimum atomic E-state index is -0.557. The van der Waals surface area contributed by atoms with Crippen LogP contribution in [0.4, 0.5) is 4.79 Å². The number of nitrogens with zero attached hydrogens (tertiary/aromatic N) is 2. The summed E-state index contributed by atoms with van der Waals surface area (Å²) in [5.41, 5.74) is 2.00. The molecule has 0 aromatic heterocycles. The number of amides is 3. The lowest BCUT2D eigenvalue weighted by Crippen LogP contribution is -2.45. The number of carbonyl (C=O) groups excluding carboxylic acids is 2. The van der Waals surface area contributed by atoms with E-state index >= 15 is 0 Å². The van der Waals surface area contributed by atoms with Crippen LogP contribution in [-0.2, 0) is 4.79 Å². The molecule has 7 heteroatoms. The fraction of sp³-hybridized carbons (Fsp3) is 0.412. The molecule has 0 aliphatic carbocycles. The van der Waals surface area contributed by atoms with Crippen LogP contribution >= 0.6 is 23.2 Å². The maximum Gasteiger partial charge on any atom is 0.322 e. The second kappa shape index (κ2) is 6.30. The highest BCUT2D eigenvalue weighted by atomic mass is 35.5. The SMILES string of the molecule is CC(C)CN1CC2=C(C1=O)[C@@H](c1ccc(Cl)cc1Cl)NC(=O)N2C. The summed E-state index contributed by atoms with van der Waals surface area (Å²) < 4.78 is 0. The van der Waals surface area contributed by atoms with E-state index in [1.165, 1.54) is 4.90 Å². The smallest absolute Gasteiger partial charge is 0.322 e. The molecular weight excluding hydrogens is 349 g/mol. The van der Waals surface area contributed by atoms with Crippen LogP contribution in [0, 0.1) is 5.92 Å². The molecule has 5 nitrogen and oxygen atoms in total. The van der Waals surface area contributed by atoms with Gasteiger partial charge in [-0.1, -0.05) is 43.1 Å². The van der Waals surface area contributed by atoms with Gasteiger partial charge in [-0.15, -0.1) is 0 Å². The van der Waals surface area contributed by atoms with E-state index in [9.17, 15) is 9.59 Å². The largest absolute Gasteiger partial charge is 0.333 e. The fourth-order valence-corrected chi connectivity index (χ4v) is 3.70. The Morgan fingerprint density at radius 1 is 1.29 bits per heavy atom. The highest BCUT2D eigenvalue weighted by Crippen LogP contribution is 2.38. The quantitative estimate of drug-likeness (QED) is 0.889. The number of urea groups is 1. The summed E-state index contributed by atoms with van der Waals surface area (Å²) in [6.07, 6.45) is 0. The lowest BCUT2D eigenvalue weighted by Gasteiger charge is -2.31. The number of likely N-dealkylation sites (N-methyl/N-ethyl adjacent to an activating group) is 1. The number of carbonyl (C=O) groups is 2. The average molecular weight is 368 g/mol. The molecule has 3 amide bonds. The van der Waals surface area contributed by atoms with Gasteiger partial charge in [0.05, 0.1) is 23.9 Å². The van der Waals surface area contributed by atoms with Crippen molar-refractivity contribution in [2.45, 2.75) is 19.9 Å². The van der Waals surface area contributed by atoms with Crippen LogP contribution in [0.2, 0.25) is 10.0 Å². The molecule has 2 aliphatic heterocycles. The van der Waals surface area contributed by atoms with Gasteiger partial charge in [0.1, 0.15) is 0 Å². The molecule has 0 fully saturated rings. The molecule has 0 spiro atoms. The molecule has 2 heterocycles. The molecule has 1 aromatic carbocycles. The fourth-order valence-electron chi connectivity index (χ4n) is 3.18. The molecule has 0 unspecified atom stereocenters. The molecule has 1 N–H and O–H groups in total. The van der Waals surface area contributed by atoms with E-state index in [4.69, 9.17) is 23.2 Å². The van der Waals surface area contributed by atoms with E-state index in [2.05, 4.69) is 19.2 Å². The third-order valence-corrected chi connectivity index (χ3v) is 4.86. The number of benzene rings is 1. The monoisotopic (exact) mass is 367 g/mol. The van der Waals surface area contributed by atoms with Crippen LogP contribution in [0.3, 0.4) is 0 Å². The van der Waals surface area contributed by atoms with E-state index < -0.39 is 6.04 Å². The van der Waals surface area contributed by atoms with Crippen LogP contribution < -0.4 is 5.32 Å². The Bertz CT molecular complexity index is 745. The van der Waals surface area contributed by atoms with E-state index in [0.29, 0.717) is 40.2 Å². The van der Waals surface area contributed by atoms with Crippen LogP contribution in [-0.4, -0.2) is 41.9 Å². The van der Waals surface area contributed by atoms with Gasteiger partial charge in [0.2, 0.25) is 0 Å². The lowest BCUT2D eigenvalue weighted by molar-refractivity contribution is -0.126. The van der Waals surface area contributed by atoms with Crippen LogP contribution in [0.1, 0.15) is 25.5 Å². The highest BCUT2D eigenvalue weighted by molar-refractivity contribution is 6.35. The van der Waals surface area contributed by atoms with Crippen molar-refractivity contribution in [1.29, 1.82) is 0 Å². The maximum absolute atomic E-state index is 12.9. The van der Waals surface area contributed by atoms with Gasteiger partial charge >= 0.3 is 6.03 Å². The maximum atomic E-state index is 12.9. The Kier molecular flexibility index (Phi) is 4.49. The van der Waals surface area contributed by atoms with Gasteiger partial charge in [-0.05, 0) is 23.6 Å². The van der Waals surface area contributed by atoms with Crippen molar-refractivity contribution in [3.63, 3.8) is 0 Å². The molecule has 1 aromatic rings. The van der Waals surface area contributed by atoms with E-state index in [1.807, 2.05) is 0 Å². The zero-order valence-corrected chi connectivity index (χ0v) is 15.3. The van der Waals surface area contributed by atoms with Crippen molar-refractivity contribution in [2.24, 2.45) is 5.92 Å². The summed E-state index contributed by atoms with van der Waals surface area (Å²) in [5.74, 6) is 0.295. The Labute approximate surface area is 151 Å². The van der Waals surface area contributed by atoms with Crippen molar-refractivity contribution >= 4 is 35.1 Å². The third-order valence-electron chi connectivity index (χ3n) is 4.29. The number of halogens is 2. The first-order chi connectivity index (χ1) is 11.3. The number of hydrogen-bond donors (Lipinski definition) is 1. The zero-order valence-electron chi connectivity index (χ0n) is 13.8. The van der Waals surface area contributed by atoms with Crippen LogP contribution in [0.25, 0.3) is 0 Å². The number of nitrogens with one attached hydrogen (secondary N) is 1. The number of hydrogen-bond acceptors (Lipinski definition) is 2. The van der Waals surface area contributed by atoms with E-state index in [0.717, 1.165) is 5.70 Å². The van der Waals surface area contributed by atoms with Crippen molar-refractivity contribution in [3.05, 3.63) is 45.1 Å². The first-order valence-corrected chi connectivity index (χ1v) is 8.56. The lowest BCUT2D eigenvalue weighted by atomic mass is 9.95.